The second kappa shape index (κ2) is 5.88. The van der Waals surface area contributed by atoms with Crippen LogP contribution in [0.2, 0.25) is 10.0 Å². The highest BCUT2D eigenvalue weighted by Gasteiger charge is 2.20. The molecule has 2 aromatic rings. The number of hydrogen-bond acceptors (Lipinski definition) is 1. The highest BCUT2D eigenvalue weighted by molar-refractivity contribution is 6.35. The molecule has 0 radical (unpaired) electrons. The molecule has 1 N–H and O–H groups in total. The van der Waals surface area contributed by atoms with Crippen molar-refractivity contribution in [3.05, 3.63) is 68.7 Å². The Morgan fingerprint density at radius 3 is 2.43 bits per heavy atom. The lowest BCUT2D eigenvalue weighted by Gasteiger charge is -2.19. The molecule has 0 spiro atoms. The summed E-state index contributed by atoms with van der Waals surface area (Å²) in [5.41, 5.74) is 3.41. The van der Waals surface area contributed by atoms with Crippen LogP contribution in [0.4, 0.5) is 0 Å². The van der Waals surface area contributed by atoms with Gasteiger partial charge in [-0.05, 0) is 47.4 Å². The molecule has 0 saturated carbocycles. The molecule has 108 valence electrons. The van der Waals surface area contributed by atoms with Crippen molar-refractivity contribution in [2.75, 3.05) is 6.54 Å². The number of hydrogen-bond donors (Lipinski definition) is 1. The van der Waals surface area contributed by atoms with Gasteiger partial charge < -0.3 is 5.32 Å². The van der Waals surface area contributed by atoms with E-state index in [2.05, 4.69) is 5.32 Å². The lowest BCUT2D eigenvalue weighted by Crippen LogP contribution is -2.31. The molecule has 0 aromatic heterocycles. The number of fused-ring (bicyclic) bond motifs is 1. The van der Waals surface area contributed by atoms with Gasteiger partial charge in [0.2, 0.25) is 0 Å². The van der Waals surface area contributed by atoms with Crippen LogP contribution in [0.15, 0.2) is 36.4 Å². The number of amides is 1. The maximum atomic E-state index is 11.9. The van der Waals surface area contributed by atoms with Gasteiger partial charge in [0.15, 0.2) is 0 Å². The largest absolute Gasteiger partial charge is 0.352 e. The van der Waals surface area contributed by atoms with Crippen molar-refractivity contribution < 1.29 is 4.79 Å². The van der Waals surface area contributed by atoms with Crippen molar-refractivity contribution >= 4 is 40.7 Å². The van der Waals surface area contributed by atoms with Crippen molar-refractivity contribution in [2.45, 2.75) is 11.8 Å². The second-order valence-electron chi connectivity index (χ2n) is 4.99. The molecule has 1 unspecified atom stereocenters. The molecule has 0 fully saturated rings. The number of benzene rings is 2. The number of nitrogens with one attached hydrogen (secondary N) is 1. The summed E-state index contributed by atoms with van der Waals surface area (Å²) in [4.78, 5) is 11.9. The van der Waals surface area contributed by atoms with Gasteiger partial charge in [0.05, 0.1) is 5.38 Å². The van der Waals surface area contributed by atoms with Gasteiger partial charge in [-0.25, -0.2) is 0 Å². The molecule has 1 aliphatic rings. The maximum Gasteiger partial charge on any atom is 0.251 e. The third-order valence-corrected chi connectivity index (χ3v) is 4.47. The minimum Gasteiger partial charge on any atom is -0.352 e. The van der Waals surface area contributed by atoms with E-state index < -0.39 is 5.38 Å². The Kier molecular flexibility index (Phi) is 4.12. The van der Waals surface area contributed by atoms with E-state index in [-0.39, 0.29) is 5.91 Å². The number of alkyl halides is 1. The van der Waals surface area contributed by atoms with E-state index in [1.807, 2.05) is 18.2 Å². The first kappa shape index (κ1) is 14.7. The summed E-state index contributed by atoms with van der Waals surface area (Å²) < 4.78 is 0. The molecule has 1 aliphatic heterocycles. The molecule has 1 amide bonds. The molecule has 5 heteroatoms. The minimum absolute atomic E-state index is 0.0499. The van der Waals surface area contributed by atoms with Crippen LogP contribution in [0.5, 0.6) is 0 Å². The summed E-state index contributed by atoms with van der Waals surface area (Å²) in [6, 6.07) is 11.0. The standard InChI is InChI=1S/C16H12Cl3NO/c17-12-5-11(6-13(18)8-12)15(19)10-2-1-9-3-4-20-16(21)14(9)7-10/h1-2,5-8,15H,3-4H2,(H,20,21). The van der Waals surface area contributed by atoms with Crippen LogP contribution in [0.1, 0.15) is 32.4 Å². The van der Waals surface area contributed by atoms with Crippen molar-refractivity contribution in [1.29, 1.82) is 0 Å². The number of carbonyl (C=O) groups is 1. The number of halogens is 3. The van der Waals surface area contributed by atoms with Gasteiger partial charge in [-0.2, -0.15) is 0 Å². The van der Waals surface area contributed by atoms with Gasteiger partial charge >= 0.3 is 0 Å². The zero-order valence-corrected chi connectivity index (χ0v) is 13.3. The van der Waals surface area contributed by atoms with Gasteiger partial charge in [-0.1, -0.05) is 35.3 Å². The molecule has 1 atom stereocenters. The molecular formula is C16H12Cl3NO. The molecule has 1 heterocycles. The fourth-order valence-corrected chi connectivity index (χ4v) is 3.31. The van der Waals surface area contributed by atoms with Crippen molar-refractivity contribution in [1.82, 2.24) is 5.32 Å². The van der Waals surface area contributed by atoms with E-state index in [1.165, 1.54) is 0 Å². The fourth-order valence-electron chi connectivity index (χ4n) is 2.50. The highest BCUT2D eigenvalue weighted by Crippen LogP contribution is 2.33. The van der Waals surface area contributed by atoms with E-state index in [4.69, 9.17) is 34.8 Å². The highest BCUT2D eigenvalue weighted by atomic mass is 35.5. The van der Waals surface area contributed by atoms with Crippen molar-refractivity contribution in [3.63, 3.8) is 0 Å². The summed E-state index contributed by atoms with van der Waals surface area (Å²) in [5, 5.41) is 3.52. The molecule has 2 nitrogen and oxygen atoms in total. The molecule has 0 bridgehead atoms. The SMILES string of the molecule is O=C1NCCc2ccc(C(Cl)c3cc(Cl)cc(Cl)c3)cc21. The second-order valence-corrected chi connectivity index (χ2v) is 6.30. The molecular weight excluding hydrogens is 329 g/mol. The van der Waals surface area contributed by atoms with Crippen LogP contribution < -0.4 is 5.32 Å². The molecule has 0 aliphatic carbocycles. The predicted molar refractivity (Wildman–Crippen MR) is 86.6 cm³/mol. The first-order chi connectivity index (χ1) is 10.0. The van der Waals surface area contributed by atoms with Crippen LogP contribution >= 0.6 is 34.8 Å². The Hall–Kier alpha value is -1.22. The summed E-state index contributed by atoms with van der Waals surface area (Å²) in [6.45, 7) is 0.680. The van der Waals surface area contributed by atoms with E-state index >= 15 is 0 Å². The quantitative estimate of drug-likeness (QED) is 0.795. The van der Waals surface area contributed by atoms with E-state index in [9.17, 15) is 4.79 Å². The van der Waals surface area contributed by atoms with Crippen molar-refractivity contribution in [2.24, 2.45) is 0 Å². The predicted octanol–water partition coefficient (Wildman–Crippen LogP) is 4.61. The summed E-state index contributed by atoms with van der Waals surface area (Å²) in [6.07, 6.45) is 0.845. The normalized spacial score (nSPS) is 15.3. The lowest BCUT2D eigenvalue weighted by molar-refractivity contribution is 0.0946. The fraction of sp³-hybridized carbons (Fsp3) is 0.188. The minimum atomic E-state index is -0.402. The number of carbonyl (C=O) groups excluding carboxylic acids is 1. The first-order valence-electron chi connectivity index (χ1n) is 6.55. The van der Waals surface area contributed by atoms with Crippen LogP contribution in [0, 0.1) is 0 Å². The van der Waals surface area contributed by atoms with E-state index in [0.29, 0.717) is 22.2 Å². The smallest absolute Gasteiger partial charge is 0.251 e. The van der Waals surface area contributed by atoms with Crippen molar-refractivity contribution in [3.8, 4) is 0 Å². The van der Waals surface area contributed by atoms with Gasteiger partial charge in [0, 0.05) is 22.2 Å². The summed E-state index contributed by atoms with van der Waals surface area (Å²) >= 11 is 18.5. The molecule has 21 heavy (non-hydrogen) atoms. The van der Waals surface area contributed by atoms with Crippen LogP contribution in [-0.2, 0) is 6.42 Å². The third-order valence-electron chi connectivity index (χ3n) is 3.53. The molecule has 3 rings (SSSR count). The molecule has 2 aromatic carbocycles. The Labute approximate surface area is 138 Å². The zero-order chi connectivity index (χ0) is 15.0. The Morgan fingerprint density at radius 2 is 1.71 bits per heavy atom. The molecule has 0 saturated heterocycles. The van der Waals surface area contributed by atoms with Crippen LogP contribution in [-0.4, -0.2) is 12.5 Å². The number of rotatable bonds is 2. The van der Waals surface area contributed by atoms with Crippen LogP contribution in [0.3, 0.4) is 0 Å². The van der Waals surface area contributed by atoms with Gasteiger partial charge in [0.25, 0.3) is 5.91 Å². The first-order valence-corrected chi connectivity index (χ1v) is 7.75. The van der Waals surface area contributed by atoms with E-state index in [0.717, 1.165) is 23.1 Å². The Bertz CT molecular complexity index is 694. The van der Waals surface area contributed by atoms with E-state index in [1.54, 1.807) is 18.2 Å². The lowest BCUT2D eigenvalue weighted by atomic mass is 9.95. The van der Waals surface area contributed by atoms with Gasteiger partial charge in [-0.15, -0.1) is 11.6 Å². The zero-order valence-electron chi connectivity index (χ0n) is 11.0. The van der Waals surface area contributed by atoms with Crippen LogP contribution in [0.25, 0.3) is 0 Å². The topological polar surface area (TPSA) is 29.1 Å². The Morgan fingerprint density at radius 1 is 1.00 bits per heavy atom. The average Bonchev–Trinajstić information content (AvgIpc) is 2.45. The Balaban J connectivity index is 2.00. The average molecular weight is 341 g/mol. The monoisotopic (exact) mass is 339 g/mol. The summed E-state index contributed by atoms with van der Waals surface area (Å²) in [7, 11) is 0. The van der Waals surface area contributed by atoms with Gasteiger partial charge in [0.1, 0.15) is 0 Å². The third kappa shape index (κ3) is 3.03. The maximum absolute atomic E-state index is 11.9. The van der Waals surface area contributed by atoms with Gasteiger partial charge in [-0.3, -0.25) is 4.79 Å². The summed E-state index contributed by atoms with van der Waals surface area (Å²) in [5.74, 6) is -0.0499.